The first-order valence-corrected chi connectivity index (χ1v) is 6.91. The van der Waals surface area contributed by atoms with Gasteiger partial charge in [-0.25, -0.2) is 8.42 Å². The van der Waals surface area contributed by atoms with Gasteiger partial charge in [-0.2, -0.15) is 0 Å². The molecule has 18 heavy (non-hydrogen) atoms. The molecule has 0 spiro atoms. The van der Waals surface area contributed by atoms with Gasteiger partial charge in [-0.05, 0) is 22.8 Å². The van der Waals surface area contributed by atoms with E-state index in [1.54, 1.807) is 24.3 Å². The van der Waals surface area contributed by atoms with Crippen molar-refractivity contribution in [1.29, 1.82) is 0 Å². The minimum atomic E-state index is -4.43. The van der Waals surface area contributed by atoms with Crippen LogP contribution in [0, 0.1) is 0 Å². The molecular formula is C13H13NaO3S. The molecule has 0 fully saturated rings. The summed E-state index contributed by atoms with van der Waals surface area (Å²) in [5.74, 6) is 0. The summed E-state index contributed by atoms with van der Waals surface area (Å²) in [6, 6.07) is 10.6. The van der Waals surface area contributed by atoms with E-state index in [0.29, 0.717) is 17.4 Å². The Hall–Kier alpha value is -0.390. The predicted octanol–water partition coefficient (Wildman–Crippen LogP) is -0.300. The van der Waals surface area contributed by atoms with Crippen LogP contribution in [0.25, 0.3) is 10.8 Å². The summed E-state index contributed by atoms with van der Waals surface area (Å²) in [5.41, 5.74) is 0.612. The molecule has 2 aromatic rings. The van der Waals surface area contributed by atoms with E-state index in [-0.39, 0.29) is 34.5 Å². The zero-order valence-corrected chi connectivity index (χ0v) is 13.3. The molecule has 90 valence electrons. The van der Waals surface area contributed by atoms with E-state index in [1.807, 2.05) is 19.1 Å². The molecule has 0 saturated carbocycles. The Morgan fingerprint density at radius 3 is 2.39 bits per heavy atom. The maximum Gasteiger partial charge on any atom is 1.00 e. The van der Waals surface area contributed by atoms with E-state index in [0.717, 1.165) is 11.8 Å². The van der Waals surface area contributed by atoms with Crippen molar-refractivity contribution in [3.8, 4) is 0 Å². The summed E-state index contributed by atoms with van der Waals surface area (Å²) >= 11 is 0. The van der Waals surface area contributed by atoms with Crippen LogP contribution in [0.1, 0.15) is 18.9 Å². The molecule has 0 aromatic heterocycles. The van der Waals surface area contributed by atoms with E-state index >= 15 is 0 Å². The molecule has 5 heteroatoms. The molecule has 2 rings (SSSR count). The first-order valence-electron chi connectivity index (χ1n) is 5.50. The summed E-state index contributed by atoms with van der Waals surface area (Å²) in [6.07, 6.45) is 1.41. The van der Waals surface area contributed by atoms with Gasteiger partial charge in [0.1, 0.15) is 10.1 Å². The third-order valence-corrected chi connectivity index (χ3v) is 3.71. The maximum absolute atomic E-state index is 11.4. The van der Waals surface area contributed by atoms with Crippen LogP contribution in [-0.4, -0.2) is 13.0 Å². The topological polar surface area (TPSA) is 57.2 Å². The van der Waals surface area contributed by atoms with Crippen molar-refractivity contribution in [2.24, 2.45) is 0 Å². The van der Waals surface area contributed by atoms with E-state index in [9.17, 15) is 13.0 Å². The Bertz CT molecular complexity index is 650. The summed E-state index contributed by atoms with van der Waals surface area (Å²) < 4.78 is 34.2. The second-order valence-electron chi connectivity index (χ2n) is 3.98. The van der Waals surface area contributed by atoms with Crippen molar-refractivity contribution in [3.63, 3.8) is 0 Å². The molecular weight excluding hydrogens is 259 g/mol. The molecule has 0 heterocycles. The number of fused-ring (bicyclic) bond motifs is 1. The van der Waals surface area contributed by atoms with E-state index in [1.165, 1.54) is 0 Å². The van der Waals surface area contributed by atoms with Gasteiger partial charge in [0.25, 0.3) is 0 Å². The molecule has 0 unspecified atom stereocenters. The minimum Gasteiger partial charge on any atom is -0.744 e. The van der Waals surface area contributed by atoms with Crippen LogP contribution >= 0.6 is 0 Å². The number of aryl methyl sites for hydroxylation is 1. The summed E-state index contributed by atoms with van der Waals surface area (Å²) in [6.45, 7) is 1.95. The van der Waals surface area contributed by atoms with Gasteiger partial charge in [-0.1, -0.05) is 49.7 Å². The molecule has 0 amide bonds. The second kappa shape index (κ2) is 6.17. The Labute approximate surface area is 129 Å². The molecule has 3 nitrogen and oxygen atoms in total. The van der Waals surface area contributed by atoms with Crippen LogP contribution in [-0.2, 0) is 16.5 Å². The molecule has 0 N–H and O–H groups in total. The standard InChI is InChI=1S/C13H14O3S.Na/c1-2-5-11-9-8-10-6-3-4-7-12(10)13(11)17(14,15)16;/h3-4,6-9H,2,5H2,1H3,(H,14,15,16);/q;+1/p-1. The van der Waals surface area contributed by atoms with E-state index in [2.05, 4.69) is 0 Å². The summed E-state index contributed by atoms with van der Waals surface area (Å²) in [7, 11) is -4.43. The summed E-state index contributed by atoms with van der Waals surface area (Å²) in [5, 5.41) is 1.30. The van der Waals surface area contributed by atoms with Gasteiger partial charge in [0.05, 0.1) is 4.90 Å². The molecule has 2 aromatic carbocycles. The van der Waals surface area contributed by atoms with Crippen molar-refractivity contribution in [2.45, 2.75) is 24.7 Å². The third-order valence-electron chi connectivity index (χ3n) is 2.73. The van der Waals surface area contributed by atoms with Crippen molar-refractivity contribution in [1.82, 2.24) is 0 Å². The smallest absolute Gasteiger partial charge is 0.744 e. The fraction of sp³-hybridized carbons (Fsp3) is 0.231. The fourth-order valence-electron chi connectivity index (χ4n) is 2.05. The SMILES string of the molecule is CCCc1ccc2ccccc2c1S(=O)(=O)[O-].[Na+]. The van der Waals surface area contributed by atoms with Crippen molar-refractivity contribution >= 4 is 20.9 Å². The number of hydrogen-bond acceptors (Lipinski definition) is 3. The van der Waals surface area contributed by atoms with Crippen LogP contribution in [0.3, 0.4) is 0 Å². The second-order valence-corrected chi connectivity index (χ2v) is 5.30. The van der Waals surface area contributed by atoms with E-state index < -0.39 is 10.1 Å². The fourth-order valence-corrected chi connectivity index (χ4v) is 3.00. The molecule has 0 atom stereocenters. The number of hydrogen-bond donors (Lipinski definition) is 0. The van der Waals surface area contributed by atoms with Crippen LogP contribution in [0.2, 0.25) is 0 Å². The number of rotatable bonds is 3. The zero-order valence-electron chi connectivity index (χ0n) is 10.5. The molecule has 0 aliphatic carbocycles. The largest absolute Gasteiger partial charge is 1.00 e. The van der Waals surface area contributed by atoms with Crippen LogP contribution < -0.4 is 29.6 Å². The van der Waals surface area contributed by atoms with Crippen LogP contribution in [0.4, 0.5) is 0 Å². The van der Waals surface area contributed by atoms with Crippen LogP contribution in [0.5, 0.6) is 0 Å². The Morgan fingerprint density at radius 1 is 1.11 bits per heavy atom. The molecule has 0 aliphatic rings. The molecule has 0 radical (unpaired) electrons. The van der Waals surface area contributed by atoms with Gasteiger partial charge >= 0.3 is 29.6 Å². The van der Waals surface area contributed by atoms with Crippen molar-refractivity contribution in [3.05, 3.63) is 42.0 Å². The Kier molecular flexibility index (Phi) is 5.37. The van der Waals surface area contributed by atoms with Gasteiger partial charge in [0, 0.05) is 0 Å². The quantitative estimate of drug-likeness (QED) is 0.569. The third kappa shape index (κ3) is 3.13. The number of benzene rings is 2. The molecule has 0 saturated heterocycles. The van der Waals surface area contributed by atoms with Gasteiger partial charge in [0.2, 0.25) is 0 Å². The average Bonchev–Trinajstić information content (AvgIpc) is 2.27. The molecule has 0 bridgehead atoms. The average molecular weight is 272 g/mol. The maximum atomic E-state index is 11.4. The minimum absolute atomic E-state index is 0. The van der Waals surface area contributed by atoms with Gasteiger partial charge < -0.3 is 4.55 Å². The molecule has 0 aliphatic heterocycles. The monoisotopic (exact) mass is 272 g/mol. The van der Waals surface area contributed by atoms with Gasteiger partial charge in [-0.3, -0.25) is 0 Å². The van der Waals surface area contributed by atoms with Gasteiger partial charge in [0.15, 0.2) is 0 Å². The Morgan fingerprint density at radius 2 is 1.78 bits per heavy atom. The normalized spacial score (nSPS) is 11.2. The first-order chi connectivity index (χ1) is 8.04. The van der Waals surface area contributed by atoms with Crippen molar-refractivity contribution in [2.75, 3.05) is 0 Å². The summed E-state index contributed by atoms with van der Waals surface area (Å²) in [4.78, 5) is -0.0579. The first kappa shape index (κ1) is 15.7. The Balaban J connectivity index is 0.00000162. The predicted molar refractivity (Wildman–Crippen MR) is 65.9 cm³/mol. The van der Waals surface area contributed by atoms with E-state index in [4.69, 9.17) is 0 Å². The van der Waals surface area contributed by atoms with Crippen LogP contribution in [0.15, 0.2) is 41.3 Å². The van der Waals surface area contributed by atoms with Gasteiger partial charge in [-0.15, -0.1) is 0 Å². The van der Waals surface area contributed by atoms with Crippen molar-refractivity contribution < 1.29 is 42.5 Å². The zero-order chi connectivity index (χ0) is 12.5.